The number of aromatic amines is 1. The molecule has 0 saturated heterocycles. The maximum absolute atomic E-state index is 10.3. The van der Waals surface area contributed by atoms with E-state index in [-0.39, 0.29) is 0 Å². The van der Waals surface area contributed by atoms with E-state index in [1.165, 1.54) is 6.08 Å². The Morgan fingerprint density at radius 1 is 1.43 bits per heavy atom. The molecule has 0 saturated carbocycles. The van der Waals surface area contributed by atoms with Gasteiger partial charge in [0.1, 0.15) is 5.52 Å². The summed E-state index contributed by atoms with van der Waals surface area (Å²) in [7, 11) is 0. The standard InChI is InChI=1S/C9H7N3O2/c13-7(14)2-1-6-5-12-9-8(6)10-3-4-11-9/h1-5H,(H,11,12)(H,13,14). The van der Waals surface area contributed by atoms with E-state index in [1.54, 1.807) is 18.6 Å². The minimum absolute atomic E-state index is 0.650. The van der Waals surface area contributed by atoms with Gasteiger partial charge in [0.05, 0.1) is 0 Å². The largest absolute Gasteiger partial charge is 0.478 e. The number of aromatic nitrogens is 3. The average molecular weight is 189 g/mol. The van der Waals surface area contributed by atoms with Gasteiger partial charge in [0.25, 0.3) is 0 Å². The minimum Gasteiger partial charge on any atom is -0.478 e. The van der Waals surface area contributed by atoms with Crippen LogP contribution in [0.2, 0.25) is 0 Å². The van der Waals surface area contributed by atoms with Crippen molar-refractivity contribution < 1.29 is 9.90 Å². The highest BCUT2D eigenvalue weighted by Gasteiger charge is 2.01. The fraction of sp³-hybridized carbons (Fsp3) is 0. The van der Waals surface area contributed by atoms with Crippen LogP contribution in [0.3, 0.4) is 0 Å². The molecule has 2 heterocycles. The van der Waals surface area contributed by atoms with Crippen LogP contribution in [-0.4, -0.2) is 26.0 Å². The molecule has 2 aromatic rings. The molecule has 14 heavy (non-hydrogen) atoms. The smallest absolute Gasteiger partial charge is 0.328 e. The lowest BCUT2D eigenvalue weighted by Gasteiger charge is -1.87. The Labute approximate surface area is 79.1 Å². The molecule has 0 unspecified atom stereocenters. The Bertz CT molecular complexity index is 501. The molecule has 0 spiro atoms. The minimum atomic E-state index is -0.983. The molecule has 2 aromatic heterocycles. The van der Waals surface area contributed by atoms with Crippen LogP contribution < -0.4 is 0 Å². The van der Waals surface area contributed by atoms with Crippen LogP contribution in [0.1, 0.15) is 5.56 Å². The molecule has 0 aliphatic heterocycles. The first-order chi connectivity index (χ1) is 6.77. The van der Waals surface area contributed by atoms with Gasteiger partial charge in [-0.05, 0) is 6.08 Å². The van der Waals surface area contributed by atoms with Gasteiger partial charge in [-0.25, -0.2) is 9.78 Å². The number of aliphatic carboxylic acids is 1. The number of nitrogens with zero attached hydrogens (tertiary/aromatic N) is 2. The summed E-state index contributed by atoms with van der Waals surface area (Å²) in [5, 5.41) is 8.45. The maximum atomic E-state index is 10.3. The van der Waals surface area contributed by atoms with Gasteiger partial charge in [0.2, 0.25) is 0 Å². The zero-order valence-electron chi connectivity index (χ0n) is 7.14. The van der Waals surface area contributed by atoms with Gasteiger partial charge in [-0.15, -0.1) is 0 Å². The molecular weight excluding hydrogens is 182 g/mol. The lowest BCUT2D eigenvalue weighted by atomic mass is 10.3. The number of rotatable bonds is 2. The van der Waals surface area contributed by atoms with Crippen LogP contribution in [0.25, 0.3) is 17.2 Å². The predicted molar refractivity (Wildman–Crippen MR) is 50.6 cm³/mol. The van der Waals surface area contributed by atoms with Gasteiger partial charge in [-0.1, -0.05) is 0 Å². The fourth-order valence-electron chi connectivity index (χ4n) is 1.16. The molecule has 0 amide bonds. The highest BCUT2D eigenvalue weighted by Crippen LogP contribution is 2.13. The second-order valence-corrected chi connectivity index (χ2v) is 2.67. The van der Waals surface area contributed by atoms with Crippen LogP contribution >= 0.6 is 0 Å². The molecule has 0 aromatic carbocycles. The lowest BCUT2D eigenvalue weighted by molar-refractivity contribution is -0.131. The van der Waals surface area contributed by atoms with E-state index in [2.05, 4.69) is 15.0 Å². The van der Waals surface area contributed by atoms with Crippen molar-refractivity contribution in [3.63, 3.8) is 0 Å². The first-order valence-electron chi connectivity index (χ1n) is 3.96. The number of fused-ring (bicyclic) bond motifs is 1. The first-order valence-corrected chi connectivity index (χ1v) is 3.96. The Morgan fingerprint density at radius 3 is 3.00 bits per heavy atom. The molecule has 5 heteroatoms. The van der Waals surface area contributed by atoms with Crippen LogP contribution in [-0.2, 0) is 4.79 Å². The zero-order valence-corrected chi connectivity index (χ0v) is 7.14. The molecule has 0 aliphatic rings. The zero-order chi connectivity index (χ0) is 9.97. The summed E-state index contributed by atoms with van der Waals surface area (Å²) in [6.45, 7) is 0. The Kier molecular flexibility index (Phi) is 1.98. The molecule has 2 rings (SSSR count). The van der Waals surface area contributed by atoms with E-state index in [0.717, 1.165) is 11.6 Å². The van der Waals surface area contributed by atoms with Crippen LogP contribution in [0.15, 0.2) is 24.7 Å². The van der Waals surface area contributed by atoms with Crippen LogP contribution in [0.5, 0.6) is 0 Å². The second-order valence-electron chi connectivity index (χ2n) is 2.67. The summed E-state index contributed by atoms with van der Waals surface area (Å²) >= 11 is 0. The molecule has 2 N–H and O–H groups in total. The monoisotopic (exact) mass is 189 g/mol. The Morgan fingerprint density at radius 2 is 2.21 bits per heavy atom. The van der Waals surface area contributed by atoms with Gasteiger partial charge in [0.15, 0.2) is 5.65 Å². The van der Waals surface area contributed by atoms with Crippen molar-refractivity contribution in [3.8, 4) is 0 Å². The van der Waals surface area contributed by atoms with Crippen molar-refractivity contribution in [2.45, 2.75) is 0 Å². The van der Waals surface area contributed by atoms with Gasteiger partial charge < -0.3 is 10.1 Å². The number of H-pyrrole nitrogens is 1. The van der Waals surface area contributed by atoms with Crippen molar-refractivity contribution in [2.24, 2.45) is 0 Å². The summed E-state index contributed by atoms with van der Waals surface area (Å²) in [5.74, 6) is -0.983. The molecule has 0 fully saturated rings. The quantitative estimate of drug-likeness (QED) is 0.692. The summed E-state index contributed by atoms with van der Waals surface area (Å²) in [4.78, 5) is 21.3. The number of hydrogen-bond acceptors (Lipinski definition) is 3. The SMILES string of the molecule is O=C(O)C=Cc1c[nH]c2nccnc12. The highest BCUT2D eigenvalue weighted by atomic mass is 16.4. The third-order valence-corrected chi connectivity index (χ3v) is 1.74. The fourth-order valence-corrected chi connectivity index (χ4v) is 1.16. The summed E-state index contributed by atoms with van der Waals surface area (Å²) in [6.07, 6.45) is 7.36. The number of carboxylic acids is 1. The summed E-state index contributed by atoms with van der Waals surface area (Å²) < 4.78 is 0. The summed E-state index contributed by atoms with van der Waals surface area (Å²) in [5.41, 5.74) is 2.04. The van der Waals surface area contributed by atoms with Crippen molar-refractivity contribution in [3.05, 3.63) is 30.2 Å². The van der Waals surface area contributed by atoms with Gasteiger partial charge in [-0.2, -0.15) is 0 Å². The van der Waals surface area contributed by atoms with Crippen LogP contribution in [0.4, 0.5) is 0 Å². The Balaban J connectivity index is 2.48. The number of hydrogen-bond donors (Lipinski definition) is 2. The van der Waals surface area contributed by atoms with Crippen molar-refractivity contribution in [2.75, 3.05) is 0 Å². The third kappa shape index (κ3) is 1.47. The maximum Gasteiger partial charge on any atom is 0.328 e. The van der Waals surface area contributed by atoms with Gasteiger partial charge in [-0.3, -0.25) is 4.98 Å². The average Bonchev–Trinajstić information content (AvgIpc) is 2.58. The lowest BCUT2D eigenvalue weighted by Crippen LogP contribution is -1.85. The van der Waals surface area contributed by atoms with E-state index in [9.17, 15) is 4.79 Å². The van der Waals surface area contributed by atoms with E-state index in [0.29, 0.717) is 11.2 Å². The molecule has 0 aliphatic carbocycles. The van der Waals surface area contributed by atoms with Gasteiger partial charge in [0, 0.05) is 30.2 Å². The molecule has 0 bridgehead atoms. The normalized spacial score (nSPS) is 11.1. The predicted octanol–water partition coefficient (Wildman–Crippen LogP) is 1.06. The van der Waals surface area contributed by atoms with E-state index in [1.807, 2.05) is 0 Å². The van der Waals surface area contributed by atoms with E-state index < -0.39 is 5.97 Å². The van der Waals surface area contributed by atoms with Crippen LogP contribution in [0, 0.1) is 0 Å². The highest BCUT2D eigenvalue weighted by molar-refractivity contribution is 5.90. The third-order valence-electron chi connectivity index (χ3n) is 1.74. The van der Waals surface area contributed by atoms with Gasteiger partial charge >= 0.3 is 5.97 Å². The van der Waals surface area contributed by atoms with Crippen molar-refractivity contribution in [1.29, 1.82) is 0 Å². The summed E-state index contributed by atoms with van der Waals surface area (Å²) in [6, 6.07) is 0. The van der Waals surface area contributed by atoms with Crippen molar-refractivity contribution in [1.82, 2.24) is 15.0 Å². The van der Waals surface area contributed by atoms with E-state index >= 15 is 0 Å². The van der Waals surface area contributed by atoms with E-state index in [4.69, 9.17) is 5.11 Å². The second kappa shape index (κ2) is 3.29. The molecule has 70 valence electrons. The molecule has 0 radical (unpaired) electrons. The number of nitrogens with one attached hydrogen (secondary N) is 1. The number of carbonyl (C=O) groups is 1. The Hall–Kier alpha value is -2.17. The topological polar surface area (TPSA) is 78.9 Å². The molecular formula is C9H7N3O2. The number of carboxylic acid groups (broad SMARTS) is 1. The molecule has 5 nitrogen and oxygen atoms in total. The van der Waals surface area contributed by atoms with Crippen molar-refractivity contribution >= 4 is 23.2 Å². The molecule has 0 atom stereocenters. The first kappa shape index (κ1) is 8.43.